The quantitative estimate of drug-likeness (QED) is 0.876. The molecule has 0 bridgehead atoms. The first kappa shape index (κ1) is 15.3. The minimum absolute atomic E-state index is 0.216. The average molecular weight is 311 g/mol. The first-order valence-electron chi connectivity index (χ1n) is 7.23. The van der Waals surface area contributed by atoms with Gasteiger partial charge in [-0.3, -0.25) is 0 Å². The first-order chi connectivity index (χ1) is 10.2. The molecule has 2 aliphatic rings. The van der Waals surface area contributed by atoms with Gasteiger partial charge in [-0.15, -0.1) is 11.8 Å². The molecule has 0 amide bonds. The highest BCUT2D eigenvalue weighted by molar-refractivity contribution is 7.99. The van der Waals surface area contributed by atoms with Crippen molar-refractivity contribution in [3.8, 4) is 0 Å². The second-order valence-electron chi connectivity index (χ2n) is 5.24. The van der Waals surface area contributed by atoms with E-state index in [-0.39, 0.29) is 11.5 Å². The summed E-state index contributed by atoms with van der Waals surface area (Å²) in [6, 6.07) is 9.23. The van der Waals surface area contributed by atoms with Gasteiger partial charge < -0.3 is 25.1 Å². The van der Waals surface area contributed by atoms with Crippen LogP contribution in [-0.4, -0.2) is 47.3 Å². The Kier molecular flexibility index (Phi) is 4.83. The highest BCUT2D eigenvalue weighted by atomic mass is 32.2. The molecule has 2 heterocycles. The van der Waals surface area contributed by atoms with Crippen molar-refractivity contribution in [2.45, 2.75) is 43.0 Å². The largest absolute Gasteiger partial charge is 0.389 e. The van der Waals surface area contributed by atoms with Crippen LogP contribution in [0.1, 0.15) is 18.8 Å². The molecule has 5 nitrogen and oxygen atoms in total. The summed E-state index contributed by atoms with van der Waals surface area (Å²) in [6.45, 7) is 2.44. The van der Waals surface area contributed by atoms with Gasteiger partial charge in [0.25, 0.3) is 0 Å². The van der Waals surface area contributed by atoms with E-state index in [1.54, 1.807) is 11.8 Å². The normalized spacial score (nSPS) is 39.8. The van der Waals surface area contributed by atoms with Gasteiger partial charge in [-0.25, -0.2) is 0 Å². The Balaban J connectivity index is 1.71. The highest BCUT2D eigenvalue weighted by Crippen LogP contribution is 2.35. The zero-order chi connectivity index (χ0) is 14.8. The van der Waals surface area contributed by atoms with E-state index in [9.17, 15) is 5.11 Å². The van der Waals surface area contributed by atoms with Crippen molar-refractivity contribution >= 4 is 11.8 Å². The topological polar surface area (TPSA) is 73.9 Å². The van der Waals surface area contributed by atoms with Crippen LogP contribution in [-0.2, 0) is 14.2 Å². The van der Waals surface area contributed by atoms with E-state index in [0.29, 0.717) is 6.61 Å². The van der Waals surface area contributed by atoms with Crippen LogP contribution in [0.3, 0.4) is 0 Å². The summed E-state index contributed by atoms with van der Waals surface area (Å²) in [5, 5.41) is 10.4. The van der Waals surface area contributed by atoms with Crippen LogP contribution in [0.15, 0.2) is 30.3 Å². The van der Waals surface area contributed by atoms with Crippen LogP contribution in [0.5, 0.6) is 0 Å². The Morgan fingerprint density at radius 2 is 2.05 bits per heavy atom. The summed E-state index contributed by atoms with van der Waals surface area (Å²) < 4.78 is 17.6. The number of benzene rings is 1. The summed E-state index contributed by atoms with van der Waals surface area (Å²) in [4.78, 5) is 0. The van der Waals surface area contributed by atoms with Gasteiger partial charge in [0.05, 0.1) is 12.6 Å². The smallest absolute Gasteiger partial charge is 0.184 e. The summed E-state index contributed by atoms with van der Waals surface area (Å²) in [5.41, 5.74) is 6.80. The molecule has 3 N–H and O–H groups in total. The first-order valence-corrected chi connectivity index (χ1v) is 8.28. The molecule has 0 saturated carbocycles. The van der Waals surface area contributed by atoms with Gasteiger partial charge in [0.2, 0.25) is 0 Å². The van der Waals surface area contributed by atoms with Crippen LogP contribution < -0.4 is 5.73 Å². The highest BCUT2D eigenvalue weighted by Gasteiger charge is 2.47. The third-order valence-corrected chi connectivity index (χ3v) is 4.90. The Hall–Kier alpha value is -0.630. The number of nitrogens with two attached hydrogens (primary N) is 1. The standard InChI is InChI=1S/C15H21NO4S/c1-2-21-15-11(16)12(17)13-10(19-15)8-18-14(20-13)9-6-4-3-5-7-9/h3-7,10-15,17H,2,8,16H2,1H3/t10-,11-,12-,13-,14?,15+/m1/s1. The van der Waals surface area contributed by atoms with E-state index in [0.717, 1.165) is 11.3 Å². The van der Waals surface area contributed by atoms with Crippen molar-refractivity contribution in [1.82, 2.24) is 0 Å². The van der Waals surface area contributed by atoms with Gasteiger partial charge in [0.1, 0.15) is 23.7 Å². The van der Waals surface area contributed by atoms with E-state index in [4.69, 9.17) is 19.9 Å². The molecular weight excluding hydrogens is 290 g/mol. The fraction of sp³-hybridized carbons (Fsp3) is 0.600. The number of hydrogen-bond acceptors (Lipinski definition) is 6. The molecule has 2 saturated heterocycles. The van der Waals surface area contributed by atoms with Crippen molar-refractivity contribution < 1.29 is 19.3 Å². The lowest BCUT2D eigenvalue weighted by molar-refractivity contribution is -0.305. The molecule has 3 rings (SSSR count). The average Bonchev–Trinajstić information content (AvgIpc) is 2.53. The molecule has 21 heavy (non-hydrogen) atoms. The second-order valence-corrected chi connectivity index (χ2v) is 6.62. The van der Waals surface area contributed by atoms with Gasteiger partial charge in [-0.1, -0.05) is 37.3 Å². The minimum atomic E-state index is -0.747. The zero-order valence-corrected chi connectivity index (χ0v) is 12.7. The molecule has 1 aromatic rings. The lowest BCUT2D eigenvalue weighted by atomic mass is 9.97. The number of hydrogen-bond donors (Lipinski definition) is 2. The Morgan fingerprint density at radius 1 is 1.29 bits per heavy atom. The zero-order valence-electron chi connectivity index (χ0n) is 11.9. The molecule has 1 aromatic carbocycles. The third-order valence-electron chi connectivity index (χ3n) is 3.82. The van der Waals surface area contributed by atoms with Crippen LogP contribution in [0.25, 0.3) is 0 Å². The summed E-state index contributed by atoms with van der Waals surface area (Å²) >= 11 is 1.60. The van der Waals surface area contributed by atoms with Gasteiger partial charge in [0.15, 0.2) is 6.29 Å². The molecule has 0 radical (unpaired) electrons. The fourth-order valence-electron chi connectivity index (χ4n) is 2.71. The fourth-order valence-corrected chi connectivity index (χ4v) is 3.64. The van der Waals surface area contributed by atoms with Crippen molar-refractivity contribution in [1.29, 1.82) is 0 Å². The molecule has 0 spiro atoms. The monoisotopic (exact) mass is 311 g/mol. The predicted molar refractivity (Wildman–Crippen MR) is 80.8 cm³/mol. The van der Waals surface area contributed by atoms with E-state index < -0.39 is 24.5 Å². The maximum atomic E-state index is 10.4. The summed E-state index contributed by atoms with van der Waals surface area (Å²) in [7, 11) is 0. The SMILES string of the molecule is CCS[C@@H]1O[C@@H]2COC(c3ccccc3)O[C@H]2[C@H](O)[C@H]1N. The minimum Gasteiger partial charge on any atom is -0.389 e. The molecule has 1 unspecified atom stereocenters. The Morgan fingerprint density at radius 3 is 2.76 bits per heavy atom. The number of aliphatic hydroxyl groups is 1. The second kappa shape index (κ2) is 6.64. The van der Waals surface area contributed by atoms with E-state index >= 15 is 0 Å². The predicted octanol–water partition coefficient (Wildman–Crippen LogP) is 1.27. The van der Waals surface area contributed by atoms with E-state index in [2.05, 4.69) is 0 Å². The van der Waals surface area contributed by atoms with Gasteiger partial charge >= 0.3 is 0 Å². The number of thioether (sulfide) groups is 1. The molecule has 0 aromatic heterocycles. The molecule has 2 aliphatic heterocycles. The van der Waals surface area contributed by atoms with Crippen LogP contribution in [0.2, 0.25) is 0 Å². The lowest BCUT2D eigenvalue weighted by Gasteiger charge is -2.46. The number of fused-ring (bicyclic) bond motifs is 1. The van der Waals surface area contributed by atoms with Crippen LogP contribution in [0, 0.1) is 0 Å². The van der Waals surface area contributed by atoms with Crippen molar-refractivity contribution in [2.24, 2.45) is 5.73 Å². The molecule has 6 heteroatoms. The number of ether oxygens (including phenoxy) is 3. The Bertz CT molecular complexity index is 458. The van der Waals surface area contributed by atoms with Gasteiger partial charge in [-0.05, 0) is 5.75 Å². The molecular formula is C15H21NO4S. The molecule has 2 fully saturated rings. The number of aliphatic hydroxyl groups excluding tert-OH is 1. The van der Waals surface area contributed by atoms with Crippen molar-refractivity contribution in [3.05, 3.63) is 35.9 Å². The van der Waals surface area contributed by atoms with Crippen molar-refractivity contribution in [3.63, 3.8) is 0 Å². The van der Waals surface area contributed by atoms with E-state index in [1.165, 1.54) is 0 Å². The molecule has 0 aliphatic carbocycles. The molecule has 116 valence electrons. The van der Waals surface area contributed by atoms with Gasteiger partial charge in [0, 0.05) is 5.56 Å². The maximum absolute atomic E-state index is 10.4. The summed E-state index contributed by atoms with van der Waals surface area (Å²) in [6.07, 6.45) is -1.95. The maximum Gasteiger partial charge on any atom is 0.184 e. The van der Waals surface area contributed by atoms with Gasteiger partial charge in [-0.2, -0.15) is 0 Å². The third kappa shape index (κ3) is 3.11. The van der Waals surface area contributed by atoms with Crippen LogP contribution >= 0.6 is 11.8 Å². The summed E-state index contributed by atoms with van der Waals surface area (Å²) in [5.74, 6) is 0.886. The molecule has 6 atom stereocenters. The van der Waals surface area contributed by atoms with E-state index in [1.807, 2.05) is 37.3 Å². The van der Waals surface area contributed by atoms with Crippen molar-refractivity contribution in [2.75, 3.05) is 12.4 Å². The number of rotatable bonds is 3. The van der Waals surface area contributed by atoms with Crippen LogP contribution in [0.4, 0.5) is 0 Å². The Labute approximate surface area is 128 Å². The lowest BCUT2D eigenvalue weighted by Crippen LogP contribution is -2.63.